The van der Waals surface area contributed by atoms with Gasteiger partial charge in [-0.2, -0.15) is 5.10 Å². The zero-order valence-electron chi connectivity index (χ0n) is 13.9. The Morgan fingerprint density at radius 3 is 2.67 bits per heavy atom. The van der Waals surface area contributed by atoms with Crippen LogP contribution in [-0.4, -0.2) is 25.7 Å². The maximum absolute atomic E-state index is 12.2. The summed E-state index contributed by atoms with van der Waals surface area (Å²) < 4.78 is 1.69. The summed E-state index contributed by atoms with van der Waals surface area (Å²) in [5.74, 6) is 0.631. The number of hydrogen-bond acceptors (Lipinski definition) is 5. The van der Waals surface area contributed by atoms with Gasteiger partial charge >= 0.3 is 0 Å². The van der Waals surface area contributed by atoms with Gasteiger partial charge in [-0.3, -0.25) is 4.79 Å². The van der Waals surface area contributed by atoms with Crippen molar-refractivity contribution >= 4 is 17.2 Å². The molecule has 6 nitrogen and oxygen atoms in total. The Bertz CT molecular complexity index is 816. The number of carbonyl (C=O) groups excluding carboxylic acids is 1. The molecule has 0 bridgehead atoms. The van der Waals surface area contributed by atoms with E-state index in [1.165, 1.54) is 11.3 Å². The highest BCUT2D eigenvalue weighted by Gasteiger charge is 2.20. The molecule has 0 aliphatic rings. The van der Waals surface area contributed by atoms with Gasteiger partial charge in [-0.25, -0.2) is 14.6 Å². The summed E-state index contributed by atoms with van der Waals surface area (Å²) in [5.41, 5.74) is 0.884. The zero-order chi connectivity index (χ0) is 17.2. The van der Waals surface area contributed by atoms with Crippen LogP contribution in [0.5, 0.6) is 0 Å². The van der Waals surface area contributed by atoms with Crippen LogP contribution in [0.3, 0.4) is 0 Å². The van der Waals surface area contributed by atoms with Gasteiger partial charge in [0.2, 0.25) is 0 Å². The molecule has 124 valence electrons. The smallest absolute Gasteiger partial charge is 0.263 e. The van der Waals surface area contributed by atoms with Crippen molar-refractivity contribution in [1.82, 2.24) is 25.1 Å². The minimum absolute atomic E-state index is 0.0462. The third-order valence-corrected chi connectivity index (χ3v) is 4.79. The SMILES string of the molecule is CC(C)(C)c1ncc(C(=O)NCc2ccc(-n3cccn3)nc2)s1. The van der Waals surface area contributed by atoms with Crippen LogP contribution in [-0.2, 0) is 12.0 Å². The van der Waals surface area contributed by atoms with Crippen molar-refractivity contribution in [1.29, 1.82) is 0 Å². The van der Waals surface area contributed by atoms with Crippen molar-refractivity contribution < 1.29 is 4.79 Å². The van der Waals surface area contributed by atoms with Gasteiger partial charge in [0, 0.05) is 30.6 Å². The zero-order valence-corrected chi connectivity index (χ0v) is 14.7. The number of rotatable bonds is 4. The van der Waals surface area contributed by atoms with Crippen molar-refractivity contribution in [2.75, 3.05) is 0 Å². The number of hydrogen-bond donors (Lipinski definition) is 1. The Morgan fingerprint density at radius 1 is 1.25 bits per heavy atom. The lowest BCUT2D eigenvalue weighted by molar-refractivity contribution is 0.0954. The van der Waals surface area contributed by atoms with E-state index < -0.39 is 0 Å². The molecule has 3 aromatic rings. The third-order valence-electron chi connectivity index (χ3n) is 3.37. The van der Waals surface area contributed by atoms with Crippen LogP contribution >= 0.6 is 11.3 Å². The van der Waals surface area contributed by atoms with Crippen molar-refractivity contribution in [2.24, 2.45) is 0 Å². The maximum atomic E-state index is 12.2. The van der Waals surface area contributed by atoms with Crippen LogP contribution in [0.4, 0.5) is 0 Å². The van der Waals surface area contributed by atoms with Crippen LogP contribution in [0.1, 0.15) is 41.0 Å². The molecule has 3 heterocycles. The highest BCUT2D eigenvalue weighted by atomic mass is 32.1. The molecule has 0 aromatic carbocycles. The average molecular weight is 341 g/mol. The Labute approximate surface area is 144 Å². The molecule has 0 radical (unpaired) electrons. The van der Waals surface area contributed by atoms with E-state index in [9.17, 15) is 4.79 Å². The van der Waals surface area contributed by atoms with Gasteiger partial charge in [0.25, 0.3) is 5.91 Å². The topological polar surface area (TPSA) is 72.7 Å². The Hall–Kier alpha value is -2.54. The van der Waals surface area contributed by atoms with Gasteiger partial charge in [-0.15, -0.1) is 11.3 Å². The lowest BCUT2D eigenvalue weighted by Crippen LogP contribution is -2.22. The van der Waals surface area contributed by atoms with Gasteiger partial charge in [0.05, 0.1) is 11.2 Å². The van der Waals surface area contributed by atoms with Crippen LogP contribution in [0.25, 0.3) is 5.82 Å². The molecule has 3 rings (SSSR count). The number of carbonyl (C=O) groups is 1. The molecule has 7 heteroatoms. The normalized spacial score (nSPS) is 11.5. The lowest BCUT2D eigenvalue weighted by Gasteiger charge is -2.13. The molecule has 24 heavy (non-hydrogen) atoms. The van der Waals surface area contributed by atoms with Crippen molar-refractivity contribution in [3.8, 4) is 5.82 Å². The van der Waals surface area contributed by atoms with Gasteiger partial charge in [0.15, 0.2) is 5.82 Å². The largest absolute Gasteiger partial charge is 0.347 e. The van der Waals surface area contributed by atoms with E-state index in [1.807, 2.05) is 24.4 Å². The molecule has 3 aromatic heterocycles. The van der Waals surface area contributed by atoms with Crippen LogP contribution in [0.2, 0.25) is 0 Å². The Balaban J connectivity index is 1.61. The first-order valence-corrected chi connectivity index (χ1v) is 8.44. The molecule has 0 aliphatic heterocycles. The number of thiazole rings is 1. The molecule has 1 N–H and O–H groups in total. The fourth-order valence-electron chi connectivity index (χ4n) is 2.06. The average Bonchev–Trinajstić information content (AvgIpc) is 3.23. The van der Waals surface area contributed by atoms with Gasteiger partial charge in [-0.05, 0) is 17.7 Å². The molecule has 0 fully saturated rings. The first-order valence-electron chi connectivity index (χ1n) is 7.63. The van der Waals surface area contributed by atoms with E-state index in [4.69, 9.17) is 0 Å². The van der Waals surface area contributed by atoms with Crippen molar-refractivity contribution in [3.63, 3.8) is 0 Å². The first-order chi connectivity index (χ1) is 11.4. The molecule has 0 spiro atoms. The van der Waals surface area contributed by atoms with Crippen molar-refractivity contribution in [2.45, 2.75) is 32.7 Å². The van der Waals surface area contributed by atoms with E-state index in [0.29, 0.717) is 11.4 Å². The highest BCUT2D eigenvalue weighted by Crippen LogP contribution is 2.26. The van der Waals surface area contributed by atoms with E-state index in [2.05, 4.69) is 41.2 Å². The fraction of sp³-hybridized carbons (Fsp3) is 0.294. The summed E-state index contributed by atoms with van der Waals surface area (Å²) in [7, 11) is 0. The molecule has 0 saturated carbocycles. The quantitative estimate of drug-likeness (QED) is 0.792. The fourth-order valence-corrected chi connectivity index (χ4v) is 2.95. The predicted molar refractivity (Wildman–Crippen MR) is 93.3 cm³/mol. The summed E-state index contributed by atoms with van der Waals surface area (Å²) in [5, 5.41) is 7.99. The first kappa shape index (κ1) is 16.3. The number of amides is 1. The highest BCUT2D eigenvalue weighted by molar-refractivity contribution is 7.13. The van der Waals surface area contributed by atoms with E-state index in [0.717, 1.165) is 16.4 Å². The number of nitrogens with one attached hydrogen (secondary N) is 1. The molecule has 1 amide bonds. The number of nitrogens with zero attached hydrogens (tertiary/aromatic N) is 4. The van der Waals surface area contributed by atoms with Gasteiger partial charge in [-0.1, -0.05) is 26.8 Å². The minimum Gasteiger partial charge on any atom is -0.347 e. The second kappa shape index (κ2) is 6.52. The molecule has 0 aliphatic carbocycles. The summed E-state index contributed by atoms with van der Waals surface area (Å²) in [6.07, 6.45) is 6.92. The lowest BCUT2D eigenvalue weighted by atomic mass is 9.98. The molecule has 0 saturated heterocycles. The van der Waals surface area contributed by atoms with E-state index >= 15 is 0 Å². The summed E-state index contributed by atoms with van der Waals surface area (Å²) in [6, 6.07) is 5.65. The predicted octanol–water partition coefficient (Wildman–Crippen LogP) is 2.95. The van der Waals surface area contributed by atoms with Crippen molar-refractivity contribution in [3.05, 3.63) is 58.4 Å². The molecule has 0 atom stereocenters. The van der Waals surface area contributed by atoms with E-state index in [1.54, 1.807) is 23.3 Å². The second-order valence-corrected chi connectivity index (χ2v) is 7.47. The summed E-state index contributed by atoms with van der Waals surface area (Å²) >= 11 is 1.43. The summed E-state index contributed by atoms with van der Waals surface area (Å²) in [4.78, 5) is 21.5. The Morgan fingerprint density at radius 2 is 2.08 bits per heavy atom. The minimum atomic E-state index is -0.112. The van der Waals surface area contributed by atoms with Gasteiger partial charge < -0.3 is 5.32 Å². The Kier molecular flexibility index (Phi) is 4.44. The molecular weight excluding hydrogens is 322 g/mol. The van der Waals surface area contributed by atoms with Crippen LogP contribution in [0, 0.1) is 0 Å². The number of aromatic nitrogens is 4. The van der Waals surface area contributed by atoms with Crippen LogP contribution < -0.4 is 5.32 Å². The molecular formula is C17H19N5OS. The molecule has 0 unspecified atom stereocenters. The number of pyridine rings is 1. The maximum Gasteiger partial charge on any atom is 0.263 e. The monoisotopic (exact) mass is 341 g/mol. The van der Waals surface area contributed by atoms with Gasteiger partial charge in [0.1, 0.15) is 4.88 Å². The standard InChI is InChI=1S/C17H19N5OS/c1-17(2,3)16-20-11-13(24-16)15(23)19-10-12-5-6-14(18-9-12)22-8-4-7-21-22/h4-9,11H,10H2,1-3H3,(H,19,23). The summed E-state index contributed by atoms with van der Waals surface area (Å²) in [6.45, 7) is 6.68. The van der Waals surface area contributed by atoms with Crippen LogP contribution in [0.15, 0.2) is 43.0 Å². The third kappa shape index (κ3) is 3.68. The van der Waals surface area contributed by atoms with E-state index in [-0.39, 0.29) is 11.3 Å². The second-order valence-electron chi connectivity index (χ2n) is 6.44.